The fourth-order valence-electron chi connectivity index (χ4n) is 2.57. The molecule has 6 nitrogen and oxygen atoms in total. The molecule has 1 amide bonds. The van der Waals surface area contributed by atoms with Crippen molar-refractivity contribution < 1.29 is 14.1 Å². The number of nitro benzene ring substituents is 1. The van der Waals surface area contributed by atoms with Crippen LogP contribution in [0.3, 0.4) is 0 Å². The lowest BCUT2D eigenvalue weighted by molar-refractivity contribution is -0.384. The van der Waals surface area contributed by atoms with Gasteiger partial charge in [0.15, 0.2) is 0 Å². The Morgan fingerprint density at radius 3 is 2.59 bits per heavy atom. The van der Waals surface area contributed by atoms with Crippen LogP contribution in [0.4, 0.5) is 5.69 Å². The summed E-state index contributed by atoms with van der Waals surface area (Å²) < 4.78 is 6.24. The van der Waals surface area contributed by atoms with Crippen LogP contribution in [0.1, 0.15) is 26.5 Å². The Balaban J connectivity index is 1.90. The number of hydrogen-bond acceptors (Lipinski definition) is 6. The van der Waals surface area contributed by atoms with Crippen LogP contribution in [0.2, 0.25) is 5.02 Å². The maximum absolute atomic E-state index is 12.6. The average molecular weight is 423 g/mol. The van der Waals surface area contributed by atoms with E-state index < -0.39 is 10.5 Å². The molecule has 2 aromatic rings. The monoisotopic (exact) mass is 422 g/mol. The van der Waals surface area contributed by atoms with Gasteiger partial charge in [0.05, 0.1) is 9.83 Å². The molecule has 140 valence electrons. The van der Waals surface area contributed by atoms with Crippen LogP contribution in [0.5, 0.6) is 0 Å². The molecule has 27 heavy (non-hydrogen) atoms. The number of benzene rings is 1. The van der Waals surface area contributed by atoms with Crippen LogP contribution in [0, 0.1) is 10.1 Å². The number of thioether (sulfide) groups is 1. The number of thiocarbonyl (C=S) groups is 1. The van der Waals surface area contributed by atoms with Gasteiger partial charge >= 0.3 is 0 Å². The molecule has 9 heteroatoms. The normalized spacial score (nSPS) is 16.4. The maximum Gasteiger partial charge on any atom is 0.288 e. The van der Waals surface area contributed by atoms with E-state index in [1.165, 1.54) is 23.9 Å². The van der Waals surface area contributed by atoms with Crippen molar-refractivity contribution in [3.8, 4) is 11.3 Å². The number of carbonyl (C=O) groups excluding carboxylic acids is 1. The van der Waals surface area contributed by atoms with Crippen LogP contribution in [-0.2, 0) is 4.79 Å². The zero-order valence-corrected chi connectivity index (χ0v) is 17.1. The zero-order valence-electron chi connectivity index (χ0n) is 14.7. The number of amides is 1. The van der Waals surface area contributed by atoms with Crippen LogP contribution < -0.4 is 0 Å². The molecule has 0 aliphatic carbocycles. The molecular formula is C18H15ClN2O4S2. The minimum atomic E-state index is -0.548. The first-order valence-corrected chi connectivity index (χ1v) is 9.50. The predicted molar refractivity (Wildman–Crippen MR) is 111 cm³/mol. The number of furan rings is 1. The molecule has 1 saturated heterocycles. The molecule has 1 aliphatic rings. The van der Waals surface area contributed by atoms with Gasteiger partial charge in [0, 0.05) is 23.2 Å². The second kappa shape index (κ2) is 7.10. The highest BCUT2D eigenvalue weighted by Crippen LogP contribution is 2.38. The molecule has 0 spiro atoms. The van der Waals surface area contributed by atoms with Gasteiger partial charge < -0.3 is 4.42 Å². The van der Waals surface area contributed by atoms with Gasteiger partial charge in [0.2, 0.25) is 0 Å². The molecule has 0 unspecified atom stereocenters. The third kappa shape index (κ3) is 3.92. The zero-order chi connectivity index (χ0) is 19.9. The Kier molecular flexibility index (Phi) is 5.16. The van der Waals surface area contributed by atoms with Crippen molar-refractivity contribution in [2.45, 2.75) is 26.3 Å². The number of hydrogen-bond donors (Lipinski definition) is 0. The maximum atomic E-state index is 12.6. The van der Waals surface area contributed by atoms with Crippen molar-refractivity contribution in [3.05, 3.63) is 56.1 Å². The van der Waals surface area contributed by atoms with E-state index in [9.17, 15) is 14.9 Å². The van der Waals surface area contributed by atoms with E-state index in [4.69, 9.17) is 28.2 Å². The van der Waals surface area contributed by atoms with E-state index in [1.807, 2.05) is 20.8 Å². The Morgan fingerprint density at radius 2 is 2.00 bits per heavy atom. The summed E-state index contributed by atoms with van der Waals surface area (Å²) in [6.07, 6.45) is 1.62. The van der Waals surface area contributed by atoms with Crippen molar-refractivity contribution in [1.82, 2.24) is 4.90 Å². The third-order valence-electron chi connectivity index (χ3n) is 3.79. The van der Waals surface area contributed by atoms with E-state index in [0.717, 1.165) is 0 Å². The second-order valence-corrected chi connectivity index (χ2v) is 8.90. The molecular weight excluding hydrogens is 408 g/mol. The topological polar surface area (TPSA) is 76.6 Å². The molecule has 1 aromatic carbocycles. The first-order chi connectivity index (χ1) is 12.6. The lowest BCUT2D eigenvalue weighted by atomic mass is 10.1. The summed E-state index contributed by atoms with van der Waals surface area (Å²) in [6, 6.07) is 7.81. The van der Waals surface area contributed by atoms with Gasteiger partial charge in [-0.05, 0) is 45.0 Å². The second-order valence-electron chi connectivity index (χ2n) is 6.81. The highest BCUT2D eigenvalue weighted by molar-refractivity contribution is 8.26. The Bertz CT molecular complexity index is 991. The Hall–Kier alpha value is -2.16. The summed E-state index contributed by atoms with van der Waals surface area (Å²) in [5.74, 6) is 0.724. The number of halogens is 1. The average Bonchev–Trinajstić information content (AvgIpc) is 3.12. The van der Waals surface area contributed by atoms with Crippen molar-refractivity contribution in [3.63, 3.8) is 0 Å². The SMILES string of the molecule is CC(C)(C)N1C(=O)/C(=C\c2ccc(-c3ccc(Cl)c([N+](=O)[O-])c3)o2)SC1=S. The van der Waals surface area contributed by atoms with Gasteiger partial charge in [-0.15, -0.1) is 0 Å². The fraction of sp³-hybridized carbons (Fsp3) is 0.222. The lowest BCUT2D eigenvalue weighted by Crippen LogP contribution is -2.44. The summed E-state index contributed by atoms with van der Waals surface area (Å²) in [6.45, 7) is 5.75. The van der Waals surface area contributed by atoms with Crippen LogP contribution in [-0.4, -0.2) is 25.6 Å². The predicted octanol–water partition coefficient (Wildman–Crippen LogP) is 5.51. The minimum absolute atomic E-state index is 0.0568. The molecule has 1 aromatic heterocycles. The van der Waals surface area contributed by atoms with E-state index in [0.29, 0.717) is 26.3 Å². The molecule has 2 heterocycles. The van der Waals surface area contributed by atoms with Gasteiger partial charge in [-0.2, -0.15) is 0 Å². The van der Waals surface area contributed by atoms with Crippen molar-refractivity contribution in [2.75, 3.05) is 0 Å². The summed E-state index contributed by atoms with van der Waals surface area (Å²) in [4.78, 5) is 25.2. The van der Waals surface area contributed by atoms with E-state index in [-0.39, 0.29) is 16.6 Å². The molecule has 0 bridgehead atoms. The van der Waals surface area contributed by atoms with Gasteiger partial charge in [-0.1, -0.05) is 35.6 Å². The molecule has 0 saturated carbocycles. The largest absolute Gasteiger partial charge is 0.457 e. The number of rotatable bonds is 3. The van der Waals surface area contributed by atoms with Gasteiger partial charge in [-0.3, -0.25) is 19.8 Å². The molecule has 0 radical (unpaired) electrons. The first kappa shape index (κ1) is 19.6. The van der Waals surface area contributed by atoms with Crippen LogP contribution in [0.15, 0.2) is 39.7 Å². The lowest BCUT2D eigenvalue weighted by Gasteiger charge is -2.30. The first-order valence-electron chi connectivity index (χ1n) is 7.90. The summed E-state index contributed by atoms with van der Waals surface area (Å²) in [5.41, 5.74) is -0.0843. The third-order valence-corrected chi connectivity index (χ3v) is 5.41. The van der Waals surface area contributed by atoms with Gasteiger partial charge in [0.25, 0.3) is 11.6 Å². The minimum Gasteiger partial charge on any atom is -0.457 e. The van der Waals surface area contributed by atoms with Crippen molar-refractivity contribution in [2.24, 2.45) is 0 Å². The Labute approximate surface area is 170 Å². The fourth-order valence-corrected chi connectivity index (χ4v) is 4.37. The van der Waals surface area contributed by atoms with E-state index in [2.05, 4.69) is 0 Å². The quantitative estimate of drug-likeness (QED) is 0.281. The van der Waals surface area contributed by atoms with Gasteiger partial charge in [0.1, 0.15) is 20.9 Å². The highest BCUT2D eigenvalue weighted by atomic mass is 35.5. The molecule has 0 N–H and O–H groups in total. The molecule has 1 fully saturated rings. The molecule has 3 rings (SSSR count). The number of nitrogens with zero attached hydrogens (tertiary/aromatic N) is 2. The standard InChI is InChI=1S/C18H15ClN2O4S2/c1-18(2,3)20-16(22)15(27-17(20)26)9-11-5-7-14(25-11)10-4-6-12(19)13(8-10)21(23)24/h4-9H,1-3H3/b15-9+. The number of carbonyl (C=O) groups is 1. The molecule has 0 atom stereocenters. The van der Waals surface area contributed by atoms with Crippen molar-refractivity contribution in [1.29, 1.82) is 0 Å². The van der Waals surface area contributed by atoms with Crippen LogP contribution in [0.25, 0.3) is 17.4 Å². The smallest absolute Gasteiger partial charge is 0.288 e. The van der Waals surface area contributed by atoms with Gasteiger partial charge in [-0.25, -0.2) is 0 Å². The van der Waals surface area contributed by atoms with Crippen molar-refractivity contribution >= 4 is 57.6 Å². The highest BCUT2D eigenvalue weighted by Gasteiger charge is 2.39. The van der Waals surface area contributed by atoms with Crippen LogP contribution >= 0.6 is 35.6 Å². The summed E-state index contributed by atoms with van der Waals surface area (Å²) >= 11 is 12.4. The van der Waals surface area contributed by atoms with E-state index >= 15 is 0 Å². The summed E-state index contributed by atoms with van der Waals surface area (Å²) in [7, 11) is 0. The molecule has 1 aliphatic heterocycles. The Morgan fingerprint density at radius 1 is 1.30 bits per heavy atom. The van der Waals surface area contributed by atoms with E-state index in [1.54, 1.807) is 29.2 Å². The number of nitro groups is 1. The summed E-state index contributed by atoms with van der Waals surface area (Å²) in [5, 5.41) is 11.1.